The maximum atomic E-state index is 14.3. The molecule has 0 aliphatic heterocycles. The molecule has 4 aromatic rings. The van der Waals surface area contributed by atoms with Crippen molar-refractivity contribution in [1.29, 1.82) is 0 Å². The monoisotopic (exact) mass is 661 g/mol. The minimum atomic E-state index is -3.89. The van der Waals surface area contributed by atoms with Gasteiger partial charge in [0, 0.05) is 24.0 Å². The van der Waals surface area contributed by atoms with Crippen LogP contribution in [0.5, 0.6) is 5.75 Å². The number of hydrogen-bond acceptors (Lipinski definition) is 5. The van der Waals surface area contributed by atoms with Gasteiger partial charge in [0.05, 0.1) is 11.9 Å². The van der Waals surface area contributed by atoms with Crippen LogP contribution in [0.2, 0.25) is 5.02 Å². The number of carbonyl (C=O) groups excluding carboxylic acids is 2. The molecule has 0 fully saturated rings. The van der Waals surface area contributed by atoms with Crippen molar-refractivity contribution in [3.63, 3.8) is 0 Å². The Morgan fingerprint density at radius 3 is 1.98 bits per heavy atom. The van der Waals surface area contributed by atoms with E-state index in [1.807, 2.05) is 74.5 Å². The van der Waals surface area contributed by atoms with Crippen LogP contribution in [0.4, 0.5) is 5.69 Å². The van der Waals surface area contributed by atoms with Gasteiger partial charge in [-0.1, -0.05) is 91.3 Å². The minimum absolute atomic E-state index is 0.0747. The lowest BCUT2D eigenvalue weighted by Crippen LogP contribution is -2.54. The van der Waals surface area contributed by atoms with Crippen LogP contribution in [0.3, 0.4) is 0 Å². The van der Waals surface area contributed by atoms with Crippen molar-refractivity contribution in [3.05, 3.63) is 131 Å². The second kappa shape index (κ2) is 16.3. The number of rotatable bonds is 15. The van der Waals surface area contributed by atoms with Crippen molar-refractivity contribution in [1.82, 2.24) is 10.2 Å². The van der Waals surface area contributed by atoms with Gasteiger partial charge in [-0.15, -0.1) is 0 Å². The van der Waals surface area contributed by atoms with E-state index in [9.17, 15) is 18.0 Å². The number of carbonyl (C=O) groups is 2. The molecule has 0 unspecified atom stereocenters. The normalized spacial score (nSPS) is 12.5. The van der Waals surface area contributed by atoms with Crippen LogP contribution in [-0.4, -0.2) is 50.0 Å². The molecule has 0 saturated carbocycles. The average molecular weight is 662 g/mol. The van der Waals surface area contributed by atoms with Crippen LogP contribution in [0, 0.1) is 0 Å². The molecule has 0 aliphatic carbocycles. The fraction of sp³-hybridized carbons (Fsp3) is 0.278. The molecular weight excluding hydrogens is 622 g/mol. The summed E-state index contributed by atoms with van der Waals surface area (Å²) in [7, 11) is -3.89. The van der Waals surface area contributed by atoms with E-state index in [-0.39, 0.29) is 24.9 Å². The van der Waals surface area contributed by atoms with Crippen LogP contribution in [0.1, 0.15) is 37.0 Å². The smallest absolute Gasteiger partial charge is 0.244 e. The summed E-state index contributed by atoms with van der Waals surface area (Å²) in [4.78, 5) is 29.5. The molecule has 0 radical (unpaired) electrons. The topological polar surface area (TPSA) is 96.0 Å². The van der Waals surface area contributed by atoms with E-state index in [1.54, 1.807) is 48.5 Å². The van der Waals surface area contributed by atoms with Gasteiger partial charge in [0.1, 0.15) is 24.9 Å². The van der Waals surface area contributed by atoms with Gasteiger partial charge in [0.2, 0.25) is 21.8 Å². The highest BCUT2D eigenvalue weighted by Gasteiger charge is 2.33. The Labute approximate surface area is 277 Å². The van der Waals surface area contributed by atoms with E-state index < -0.39 is 28.5 Å². The first-order valence-electron chi connectivity index (χ1n) is 15.2. The van der Waals surface area contributed by atoms with E-state index in [1.165, 1.54) is 4.90 Å². The molecule has 0 bridgehead atoms. The minimum Gasteiger partial charge on any atom is -0.489 e. The van der Waals surface area contributed by atoms with Gasteiger partial charge in [-0.3, -0.25) is 13.9 Å². The van der Waals surface area contributed by atoms with E-state index in [0.717, 1.165) is 27.3 Å². The third-order valence-corrected chi connectivity index (χ3v) is 8.98. The molecule has 46 heavy (non-hydrogen) atoms. The Kier molecular flexibility index (Phi) is 12.2. The molecule has 1 N–H and O–H groups in total. The van der Waals surface area contributed by atoms with Crippen molar-refractivity contribution in [2.24, 2.45) is 0 Å². The van der Waals surface area contributed by atoms with Crippen molar-refractivity contribution >= 4 is 39.1 Å². The third-order valence-electron chi connectivity index (χ3n) is 7.59. The van der Waals surface area contributed by atoms with E-state index in [0.29, 0.717) is 29.5 Å². The maximum absolute atomic E-state index is 14.3. The average Bonchev–Trinajstić information content (AvgIpc) is 3.05. The van der Waals surface area contributed by atoms with E-state index >= 15 is 0 Å². The van der Waals surface area contributed by atoms with Gasteiger partial charge in [-0.2, -0.15) is 0 Å². The Hall–Kier alpha value is -4.34. The molecule has 4 aromatic carbocycles. The predicted molar refractivity (Wildman–Crippen MR) is 183 cm³/mol. The summed E-state index contributed by atoms with van der Waals surface area (Å²) in [5, 5.41) is 3.56. The van der Waals surface area contributed by atoms with E-state index in [2.05, 4.69) is 5.32 Å². The molecule has 8 nitrogen and oxygen atoms in total. The number of nitrogens with one attached hydrogen (secondary N) is 1. The summed E-state index contributed by atoms with van der Waals surface area (Å²) in [6, 6.07) is 31.7. The zero-order chi connectivity index (χ0) is 33.1. The fourth-order valence-corrected chi connectivity index (χ4v) is 5.82. The highest BCUT2D eigenvalue weighted by molar-refractivity contribution is 7.92. The van der Waals surface area contributed by atoms with Gasteiger partial charge >= 0.3 is 0 Å². The van der Waals surface area contributed by atoms with Crippen LogP contribution >= 0.6 is 11.6 Å². The molecule has 10 heteroatoms. The summed E-state index contributed by atoms with van der Waals surface area (Å²) < 4.78 is 33.1. The standard InChI is InChI=1S/C36H40ClN3O5S/c1-4-27(2)38-36(42)34(23-28-11-7-5-8-12-28)39(24-29-15-17-31(37)18-16-29)35(41)25-40(46(3,43)44)32-19-21-33(22-20-32)45-26-30-13-9-6-10-14-30/h5-22,27,34H,4,23-26H2,1-3H3,(H,38,42)/t27-,34+/m0/s1. The Morgan fingerprint density at radius 2 is 1.41 bits per heavy atom. The highest BCUT2D eigenvalue weighted by Crippen LogP contribution is 2.24. The Bertz CT molecular complexity index is 1670. The van der Waals surface area contributed by atoms with Crippen LogP contribution in [0.15, 0.2) is 109 Å². The molecule has 0 spiro atoms. The number of hydrogen-bond donors (Lipinski definition) is 1. The number of nitrogens with zero attached hydrogens (tertiary/aromatic N) is 2. The van der Waals surface area contributed by atoms with Crippen LogP contribution in [-0.2, 0) is 39.2 Å². The fourth-order valence-electron chi connectivity index (χ4n) is 4.84. The molecule has 0 aromatic heterocycles. The van der Waals surface area contributed by atoms with Crippen molar-refractivity contribution in [2.75, 3.05) is 17.1 Å². The molecule has 0 aliphatic rings. The molecule has 2 amide bonds. The van der Waals surface area contributed by atoms with Crippen molar-refractivity contribution < 1.29 is 22.7 Å². The zero-order valence-corrected chi connectivity index (χ0v) is 27.9. The second-order valence-corrected chi connectivity index (χ2v) is 13.6. The van der Waals surface area contributed by atoms with Gasteiger partial charge in [-0.25, -0.2) is 8.42 Å². The first-order valence-corrected chi connectivity index (χ1v) is 17.4. The quantitative estimate of drug-likeness (QED) is 0.163. The van der Waals surface area contributed by atoms with Crippen molar-refractivity contribution in [2.45, 2.75) is 51.9 Å². The first kappa shape index (κ1) is 34.5. The lowest BCUT2D eigenvalue weighted by Gasteiger charge is -2.34. The largest absolute Gasteiger partial charge is 0.489 e. The van der Waals surface area contributed by atoms with Crippen molar-refractivity contribution in [3.8, 4) is 5.75 Å². The third kappa shape index (κ3) is 10.1. The van der Waals surface area contributed by atoms with Gasteiger partial charge in [-0.05, 0) is 66.4 Å². The summed E-state index contributed by atoms with van der Waals surface area (Å²) in [5.41, 5.74) is 2.92. The first-order chi connectivity index (χ1) is 22.0. The number of ether oxygens (including phenoxy) is 1. The van der Waals surface area contributed by atoms with Gasteiger partial charge in [0.25, 0.3) is 0 Å². The van der Waals surface area contributed by atoms with Crippen LogP contribution in [0.25, 0.3) is 0 Å². The SMILES string of the molecule is CC[C@H](C)NC(=O)[C@@H](Cc1ccccc1)N(Cc1ccc(Cl)cc1)C(=O)CN(c1ccc(OCc2ccccc2)cc1)S(C)(=O)=O. The van der Waals surface area contributed by atoms with Crippen LogP contribution < -0.4 is 14.4 Å². The Balaban J connectivity index is 1.64. The van der Waals surface area contributed by atoms with Gasteiger partial charge < -0.3 is 15.0 Å². The Morgan fingerprint density at radius 1 is 0.826 bits per heavy atom. The molecule has 0 saturated heterocycles. The summed E-state index contributed by atoms with van der Waals surface area (Å²) in [6.07, 6.45) is 2.01. The lowest BCUT2D eigenvalue weighted by molar-refractivity contribution is -0.140. The number of amides is 2. The number of anilines is 1. The summed E-state index contributed by atoms with van der Waals surface area (Å²) >= 11 is 6.13. The van der Waals surface area contributed by atoms with E-state index in [4.69, 9.17) is 16.3 Å². The molecule has 4 rings (SSSR count). The zero-order valence-electron chi connectivity index (χ0n) is 26.3. The lowest BCUT2D eigenvalue weighted by atomic mass is 10.0. The number of sulfonamides is 1. The molecule has 0 heterocycles. The summed E-state index contributed by atoms with van der Waals surface area (Å²) in [5.74, 6) is -0.280. The highest BCUT2D eigenvalue weighted by atomic mass is 35.5. The molecule has 242 valence electrons. The predicted octanol–water partition coefficient (Wildman–Crippen LogP) is 6.24. The second-order valence-electron chi connectivity index (χ2n) is 11.2. The maximum Gasteiger partial charge on any atom is 0.244 e. The summed E-state index contributed by atoms with van der Waals surface area (Å²) in [6.45, 7) is 3.80. The molecular formula is C36H40ClN3O5S. The number of benzene rings is 4. The number of halogens is 1. The van der Waals surface area contributed by atoms with Gasteiger partial charge in [0.15, 0.2) is 0 Å². The molecule has 2 atom stereocenters.